The van der Waals surface area contributed by atoms with Gasteiger partial charge in [0, 0.05) is 32.4 Å². The minimum absolute atomic E-state index is 0.309. The predicted octanol–water partition coefficient (Wildman–Crippen LogP) is 3.67. The molecule has 1 atom stereocenters. The van der Waals surface area contributed by atoms with E-state index in [1.807, 2.05) is 31.3 Å². The Hall–Kier alpha value is -2.11. The molecule has 1 aromatic carbocycles. The van der Waals surface area contributed by atoms with Crippen LogP contribution in [-0.2, 0) is 17.8 Å². The molecule has 0 saturated carbocycles. The number of ether oxygens (including phenoxy) is 3. The maximum absolute atomic E-state index is 5.85. The molecule has 0 spiro atoms. The van der Waals surface area contributed by atoms with Crippen molar-refractivity contribution in [3.05, 3.63) is 53.9 Å². The summed E-state index contributed by atoms with van der Waals surface area (Å²) in [5, 5.41) is 0. The van der Waals surface area contributed by atoms with Gasteiger partial charge in [0.2, 0.25) is 0 Å². The summed E-state index contributed by atoms with van der Waals surface area (Å²) in [6.45, 7) is 6.00. The van der Waals surface area contributed by atoms with Gasteiger partial charge in [-0.15, -0.1) is 0 Å². The van der Waals surface area contributed by atoms with E-state index in [9.17, 15) is 0 Å². The lowest BCUT2D eigenvalue weighted by molar-refractivity contribution is 0.0674. The molecule has 1 aliphatic heterocycles. The van der Waals surface area contributed by atoms with E-state index in [1.165, 1.54) is 5.56 Å². The van der Waals surface area contributed by atoms with Crippen LogP contribution in [-0.4, -0.2) is 42.9 Å². The van der Waals surface area contributed by atoms with E-state index in [2.05, 4.69) is 28.1 Å². The number of methoxy groups -OCH3 is 1. The highest BCUT2D eigenvalue weighted by atomic mass is 16.5. The third-order valence-corrected chi connectivity index (χ3v) is 4.53. The van der Waals surface area contributed by atoms with Crippen LogP contribution in [0.2, 0.25) is 0 Å². The highest BCUT2D eigenvalue weighted by Crippen LogP contribution is 2.29. The van der Waals surface area contributed by atoms with E-state index < -0.39 is 0 Å². The molecule has 5 heteroatoms. The molecule has 0 bridgehead atoms. The van der Waals surface area contributed by atoms with Gasteiger partial charge in [0.05, 0.1) is 25.5 Å². The molecule has 1 saturated heterocycles. The molecule has 0 aliphatic carbocycles. The highest BCUT2D eigenvalue weighted by Gasteiger charge is 2.20. The van der Waals surface area contributed by atoms with Crippen molar-refractivity contribution in [2.45, 2.75) is 39.0 Å². The van der Waals surface area contributed by atoms with E-state index >= 15 is 0 Å². The lowest BCUT2D eigenvalue weighted by Gasteiger charge is -2.25. The van der Waals surface area contributed by atoms with Gasteiger partial charge in [-0.05, 0) is 49.6 Å². The van der Waals surface area contributed by atoms with E-state index in [0.717, 1.165) is 56.3 Å². The standard InChI is InChI=1S/C21H28N2O3/c1-3-25-20-10-9-17(13-21(20)24-2)14-23(16-19-8-6-12-26-19)15-18-7-4-5-11-22-18/h4-5,7,9-11,13,19H,3,6,8,12,14-16H2,1-2H3/t19-/m1/s1. The van der Waals surface area contributed by atoms with Crippen LogP contribution in [0.3, 0.4) is 0 Å². The topological polar surface area (TPSA) is 43.8 Å². The van der Waals surface area contributed by atoms with Crippen molar-refractivity contribution in [3.63, 3.8) is 0 Å². The second-order valence-corrected chi connectivity index (χ2v) is 6.54. The van der Waals surface area contributed by atoms with E-state index in [0.29, 0.717) is 12.7 Å². The van der Waals surface area contributed by atoms with Gasteiger partial charge < -0.3 is 14.2 Å². The third kappa shape index (κ3) is 5.19. The van der Waals surface area contributed by atoms with Gasteiger partial charge in [0.15, 0.2) is 11.5 Å². The number of rotatable bonds is 9. The first-order valence-electron chi connectivity index (χ1n) is 9.32. The summed E-state index contributed by atoms with van der Waals surface area (Å²) >= 11 is 0. The molecule has 140 valence electrons. The predicted molar refractivity (Wildman–Crippen MR) is 101 cm³/mol. The second kappa shape index (κ2) is 9.55. The monoisotopic (exact) mass is 356 g/mol. The Kier molecular flexibility index (Phi) is 6.86. The van der Waals surface area contributed by atoms with Crippen LogP contribution in [0.25, 0.3) is 0 Å². The number of aromatic nitrogens is 1. The molecule has 5 nitrogen and oxygen atoms in total. The van der Waals surface area contributed by atoms with Crippen LogP contribution < -0.4 is 9.47 Å². The van der Waals surface area contributed by atoms with Gasteiger partial charge in [-0.1, -0.05) is 12.1 Å². The smallest absolute Gasteiger partial charge is 0.161 e. The second-order valence-electron chi connectivity index (χ2n) is 6.54. The van der Waals surface area contributed by atoms with E-state index in [4.69, 9.17) is 14.2 Å². The first-order valence-corrected chi connectivity index (χ1v) is 9.32. The quantitative estimate of drug-likeness (QED) is 0.686. The van der Waals surface area contributed by atoms with Crippen LogP contribution in [0.1, 0.15) is 31.0 Å². The molecule has 1 aromatic heterocycles. The Bertz CT molecular complexity index is 672. The molecular weight excluding hydrogens is 328 g/mol. The average Bonchev–Trinajstić information content (AvgIpc) is 3.17. The average molecular weight is 356 g/mol. The summed E-state index contributed by atoms with van der Waals surface area (Å²) < 4.78 is 17.0. The van der Waals surface area contributed by atoms with Crippen LogP contribution in [0, 0.1) is 0 Å². The van der Waals surface area contributed by atoms with Crippen LogP contribution in [0.4, 0.5) is 0 Å². The van der Waals surface area contributed by atoms with Crippen molar-refractivity contribution < 1.29 is 14.2 Å². The zero-order chi connectivity index (χ0) is 18.2. The number of nitrogens with zero attached hydrogens (tertiary/aromatic N) is 2. The Morgan fingerprint density at radius 2 is 2.12 bits per heavy atom. The van der Waals surface area contributed by atoms with Crippen LogP contribution in [0.5, 0.6) is 11.5 Å². The Labute approximate surface area is 155 Å². The first kappa shape index (κ1) is 18.7. The fourth-order valence-corrected chi connectivity index (χ4v) is 3.33. The maximum atomic E-state index is 5.85. The number of hydrogen-bond donors (Lipinski definition) is 0. The normalized spacial score (nSPS) is 16.8. The van der Waals surface area contributed by atoms with Crippen molar-refractivity contribution in [2.75, 3.05) is 26.9 Å². The molecule has 0 amide bonds. The van der Waals surface area contributed by atoms with Crippen LogP contribution >= 0.6 is 0 Å². The lowest BCUT2D eigenvalue weighted by Crippen LogP contribution is -2.31. The van der Waals surface area contributed by atoms with Crippen molar-refractivity contribution in [1.82, 2.24) is 9.88 Å². The SMILES string of the molecule is CCOc1ccc(CN(Cc2ccccn2)C[C@H]2CCCO2)cc1OC. The summed E-state index contributed by atoms with van der Waals surface area (Å²) in [4.78, 5) is 6.88. The van der Waals surface area contributed by atoms with Crippen molar-refractivity contribution in [3.8, 4) is 11.5 Å². The molecule has 1 fully saturated rings. The van der Waals surface area contributed by atoms with Gasteiger partial charge in [0.1, 0.15) is 0 Å². The Morgan fingerprint density at radius 1 is 1.19 bits per heavy atom. The minimum atomic E-state index is 0.309. The minimum Gasteiger partial charge on any atom is -0.493 e. The van der Waals surface area contributed by atoms with Gasteiger partial charge >= 0.3 is 0 Å². The molecule has 3 rings (SSSR count). The zero-order valence-electron chi connectivity index (χ0n) is 15.7. The summed E-state index contributed by atoms with van der Waals surface area (Å²) in [5.74, 6) is 1.56. The van der Waals surface area contributed by atoms with E-state index in [1.54, 1.807) is 7.11 Å². The molecule has 0 N–H and O–H groups in total. The Balaban J connectivity index is 1.73. The molecule has 0 unspecified atom stereocenters. The molecular formula is C21H28N2O3. The van der Waals surface area contributed by atoms with Crippen molar-refractivity contribution in [1.29, 1.82) is 0 Å². The Morgan fingerprint density at radius 3 is 2.81 bits per heavy atom. The van der Waals surface area contributed by atoms with Gasteiger partial charge in [-0.3, -0.25) is 9.88 Å². The fraction of sp³-hybridized carbons (Fsp3) is 0.476. The number of pyridine rings is 1. The molecule has 2 heterocycles. The molecule has 0 radical (unpaired) electrons. The van der Waals surface area contributed by atoms with Gasteiger partial charge in [-0.2, -0.15) is 0 Å². The van der Waals surface area contributed by atoms with Crippen molar-refractivity contribution >= 4 is 0 Å². The maximum Gasteiger partial charge on any atom is 0.161 e. The largest absolute Gasteiger partial charge is 0.493 e. The molecule has 1 aliphatic rings. The summed E-state index contributed by atoms with van der Waals surface area (Å²) in [6, 6.07) is 12.2. The number of hydrogen-bond acceptors (Lipinski definition) is 5. The fourth-order valence-electron chi connectivity index (χ4n) is 3.33. The first-order chi connectivity index (χ1) is 12.8. The van der Waals surface area contributed by atoms with Gasteiger partial charge in [-0.25, -0.2) is 0 Å². The summed E-state index contributed by atoms with van der Waals surface area (Å²) in [5.41, 5.74) is 2.27. The number of benzene rings is 1. The van der Waals surface area contributed by atoms with E-state index in [-0.39, 0.29) is 0 Å². The molecule has 2 aromatic rings. The van der Waals surface area contributed by atoms with Gasteiger partial charge in [0.25, 0.3) is 0 Å². The zero-order valence-corrected chi connectivity index (χ0v) is 15.7. The van der Waals surface area contributed by atoms with Crippen molar-refractivity contribution in [2.24, 2.45) is 0 Å². The third-order valence-electron chi connectivity index (χ3n) is 4.53. The lowest BCUT2D eigenvalue weighted by atomic mass is 10.1. The van der Waals surface area contributed by atoms with Crippen LogP contribution in [0.15, 0.2) is 42.6 Å². The molecule has 26 heavy (non-hydrogen) atoms. The summed E-state index contributed by atoms with van der Waals surface area (Å²) in [6.07, 6.45) is 4.44. The summed E-state index contributed by atoms with van der Waals surface area (Å²) in [7, 11) is 1.68. The highest BCUT2D eigenvalue weighted by molar-refractivity contribution is 5.43.